The first-order chi connectivity index (χ1) is 7.68. The molecule has 16 heavy (non-hydrogen) atoms. The number of hydrogen-bond donors (Lipinski definition) is 1. The minimum absolute atomic E-state index is 0.0567. The molecule has 1 aliphatic rings. The van der Waals surface area contributed by atoms with E-state index in [1.54, 1.807) is 6.20 Å². The van der Waals surface area contributed by atoms with Gasteiger partial charge in [-0.05, 0) is 32.0 Å². The molecule has 4 nitrogen and oxygen atoms in total. The third-order valence-corrected chi connectivity index (χ3v) is 3.06. The molecule has 1 unspecified atom stereocenters. The van der Waals surface area contributed by atoms with Crippen molar-refractivity contribution in [2.45, 2.75) is 19.4 Å². The number of aryl methyl sites for hydroxylation is 1. The van der Waals surface area contributed by atoms with Crippen LogP contribution in [-0.2, 0) is 0 Å². The van der Waals surface area contributed by atoms with Crippen LogP contribution in [0, 0.1) is 6.92 Å². The van der Waals surface area contributed by atoms with Crippen molar-refractivity contribution in [2.24, 2.45) is 0 Å². The fourth-order valence-electron chi connectivity index (χ4n) is 1.93. The van der Waals surface area contributed by atoms with Crippen LogP contribution in [0.3, 0.4) is 0 Å². The zero-order chi connectivity index (χ0) is 11.5. The molecule has 1 N–H and O–H groups in total. The minimum Gasteiger partial charge on any atom is -0.337 e. The van der Waals surface area contributed by atoms with Gasteiger partial charge in [-0.3, -0.25) is 9.78 Å². The second kappa shape index (κ2) is 4.61. The Morgan fingerprint density at radius 2 is 2.38 bits per heavy atom. The zero-order valence-corrected chi connectivity index (χ0v) is 9.73. The highest BCUT2D eigenvalue weighted by Gasteiger charge is 2.23. The Kier molecular flexibility index (Phi) is 3.19. The molecule has 1 aromatic heterocycles. The lowest BCUT2D eigenvalue weighted by Gasteiger charge is -2.23. The lowest BCUT2D eigenvalue weighted by molar-refractivity contribution is 0.0743. The van der Waals surface area contributed by atoms with Crippen LogP contribution in [-0.4, -0.2) is 42.0 Å². The summed E-state index contributed by atoms with van der Waals surface area (Å²) in [5.41, 5.74) is 1.60. The van der Waals surface area contributed by atoms with Crippen LogP contribution in [0.4, 0.5) is 0 Å². The summed E-state index contributed by atoms with van der Waals surface area (Å²) in [6, 6.07) is 4.02. The Bertz CT molecular complexity index is 368. The van der Waals surface area contributed by atoms with Crippen LogP contribution >= 0.6 is 0 Å². The Hall–Kier alpha value is -1.42. The van der Waals surface area contributed by atoms with E-state index < -0.39 is 0 Å². The second-order valence-corrected chi connectivity index (χ2v) is 4.25. The summed E-state index contributed by atoms with van der Waals surface area (Å²) in [6.45, 7) is 3.80. The molecule has 0 saturated carbocycles. The van der Waals surface area contributed by atoms with Gasteiger partial charge in [0.2, 0.25) is 0 Å². The lowest BCUT2D eigenvalue weighted by atomic mass is 10.2. The SMILES string of the molecule is Cc1ccc(C(=O)N(C)C2CCNC2)cn1. The number of likely N-dealkylation sites (N-methyl/N-ethyl adjacent to an activating group) is 1. The number of pyridine rings is 1. The van der Waals surface area contributed by atoms with E-state index in [1.807, 2.05) is 31.0 Å². The van der Waals surface area contributed by atoms with E-state index in [-0.39, 0.29) is 5.91 Å². The maximum atomic E-state index is 12.1. The number of nitrogens with one attached hydrogen (secondary N) is 1. The molecule has 0 aromatic carbocycles. The molecule has 0 radical (unpaired) electrons. The maximum Gasteiger partial charge on any atom is 0.255 e. The second-order valence-electron chi connectivity index (χ2n) is 4.25. The Morgan fingerprint density at radius 1 is 1.56 bits per heavy atom. The molecule has 4 heteroatoms. The highest BCUT2D eigenvalue weighted by molar-refractivity contribution is 5.94. The Labute approximate surface area is 95.7 Å². The predicted octanol–water partition coefficient (Wildman–Crippen LogP) is 0.824. The van der Waals surface area contributed by atoms with Gasteiger partial charge in [-0.15, -0.1) is 0 Å². The van der Waals surface area contributed by atoms with Gasteiger partial charge in [0.15, 0.2) is 0 Å². The van der Waals surface area contributed by atoms with Crippen molar-refractivity contribution in [3.63, 3.8) is 0 Å². The van der Waals surface area contributed by atoms with Crippen LogP contribution in [0.25, 0.3) is 0 Å². The molecule has 1 saturated heterocycles. The van der Waals surface area contributed by atoms with Gasteiger partial charge in [0.25, 0.3) is 5.91 Å². The van der Waals surface area contributed by atoms with Gasteiger partial charge in [0.05, 0.1) is 5.56 Å². The molecule has 0 aliphatic carbocycles. The minimum atomic E-state index is 0.0567. The quantitative estimate of drug-likeness (QED) is 0.801. The lowest BCUT2D eigenvalue weighted by Crippen LogP contribution is -2.38. The first kappa shape index (κ1) is 11.1. The van der Waals surface area contributed by atoms with Crippen LogP contribution in [0.2, 0.25) is 0 Å². The van der Waals surface area contributed by atoms with E-state index in [2.05, 4.69) is 10.3 Å². The van der Waals surface area contributed by atoms with Crippen molar-refractivity contribution >= 4 is 5.91 Å². The Balaban J connectivity index is 2.08. The standard InChI is InChI=1S/C12H17N3O/c1-9-3-4-10(7-14-9)12(16)15(2)11-5-6-13-8-11/h3-4,7,11,13H,5-6,8H2,1-2H3. The third-order valence-electron chi connectivity index (χ3n) is 3.06. The number of hydrogen-bond acceptors (Lipinski definition) is 3. The average Bonchev–Trinajstić information content (AvgIpc) is 2.81. The van der Waals surface area contributed by atoms with E-state index >= 15 is 0 Å². The summed E-state index contributed by atoms with van der Waals surface area (Å²) in [7, 11) is 1.86. The normalized spacial score (nSPS) is 19.8. The number of amides is 1. The van der Waals surface area contributed by atoms with Gasteiger partial charge < -0.3 is 10.2 Å². The number of rotatable bonds is 2. The van der Waals surface area contributed by atoms with Crippen molar-refractivity contribution in [3.05, 3.63) is 29.6 Å². The van der Waals surface area contributed by atoms with Gasteiger partial charge >= 0.3 is 0 Å². The first-order valence-corrected chi connectivity index (χ1v) is 5.59. The molecular formula is C12H17N3O. The molecule has 2 heterocycles. The summed E-state index contributed by atoms with van der Waals surface area (Å²) in [5.74, 6) is 0.0567. The molecule has 0 spiro atoms. The molecule has 1 atom stereocenters. The number of aromatic nitrogens is 1. The van der Waals surface area contributed by atoms with Crippen molar-refractivity contribution < 1.29 is 4.79 Å². The van der Waals surface area contributed by atoms with E-state index in [4.69, 9.17) is 0 Å². The molecule has 1 aliphatic heterocycles. The van der Waals surface area contributed by atoms with Crippen LogP contribution in [0.1, 0.15) is 22.5 Å². The van der Waals surface area contributed by atoms with Crippen LogP contribution in [0.15, 0.2) is 18.3 Å². The Morgan fingerprint density at radius 3 is 2.94 bits per heavy atom. The summed E-state index contributed by atoms with van der Waals surface area (Å²) < 4.78 is 0. The number of carbonyl (C=O) groups excluding carboxylic acids is 1. The van der Waals surface area contributed by atoms with Gasteiger partial charge in [0.1, 0.15) is 0 Å². The van der Waals surface area contributed by atoms with E-state index in [1.165, 1.54) is 0 Å². The monoisotopic (exact) mass is 219 g/mol. The highest BCUT2D eigenvalue weighted by Crippen LogP contribution is 2.11. The van der Waals surface area contributed by atoms with Gasteiger partial charge in [-0.1, -0.05) is 0 Å². The predicted molar refractivity (Wildman–Crippen MR) is 62.3 cm³/mol. The van der Waals surface area contributed by atoms with Gasteiger partial charge in [-0.2, -0.15) is 0 Å². The number of nitrogens with zero attached hydrogens (tertiary/aromatic N) is 2. The highest BCUT2D eigenvalue weighted by atomic mass is 16.2. The van der Waals surface area contributed by atoms with Crippen LogP contribution in [0.5, 0.6) is 0 Å². The number of carbonyl (C=O) groups is 1. The molecule has 1 aromatic rings. The average molecular weight is 219 g/mol. The zero-order valence-electron chi connectivity index (χ0n) is 9.73. The molecule has 2 rings (SSSR count). The summed E-state index contributed by atoms with van der Waals surface area (Å²) in [4.78, 5) is 18.1. The fourth-order valence-corrected chi connectivity index (χ4v) is 1.93. The van der Waals surface area contributed by atoms with E-state index in [0.29, 0.717) is 11.6 Å². The molecular weight excluding hydrogens is 202 g/mol. The molecule has 86 valence electrons. The van der Waals surface area contributed by atoms with Crippen molar-refractivity contribution in [2.75, 3.05) is 20.1 Å². The summed E-state index contributed by atoms with van der Waals surface area (Å²) >= 11 is 0. The van der Waals surface area contributed by atoms with E-state index in [9.17, 15) is 4.79 Å². The van der Waals surface area contributed by atoms with Crippen molar-refractivity contribution in [1.82, 2.24) is 15.2 Å². The summed E-state index contributed by atoms with van der Waals surface area (Å²) in [5, 5.41) is 3.26. The van der Waals surface area contributed by atoms with Crippen LogP contribution < -0.4 is 5.32 Å². The summed E-state index contributed by atoms with van der Waals surface area (Å²) in [6.07, 6.45) is 2.68. The third kappa shape index (κ3) is 2.22. The van der Waals surface area contributed by atoms with Gasteiger partial charge in [-0.25, -0.2) is 0 Å². The first-order valence-electron chi connectivity index (χ1n) is 5.59. The molecule has 1 fully saturated rings. The van der Waals surface area contributed by atoms with Crippen molar-refractivity contribution in [1.29, 1.82) is 0 Å². The largest absolute Gasteiger partial charge is 0.337 e. The topological polar surface area (TPSA) is 45.2 Å². The maximum absolute atomic E-state index is 12.1. The fraction of sp³-hybridized carbons (Fsp3) is 0.500. The van der Waals surface area contributed by atoms with Crippen molar-refractivity contribution in [3.8, 4) is 0 Å². The van der Waals surface area contributed by atoms with Gasteiger partial charge in [0, 0.05) is 31.5 Å². The smallest absolute Gasteiger partial charge is 0.255 e. The molecule has 0 bridgehead atoms. The molecule has 1 amide bonds. The van der Waals surface area contributed by atoms with E-state index in [0.717, 1.165) is 25.2 Å².